The van der Waals surface area contributed by atoms with E-state index in [4.69, 9.17) is 57.8 Å². The fourth-order valence-corrected chi connectivity index (χ4v) is 3.65. The van der Waals surface area contributed by atoms with Crippen LogP contribution in [0.5, 0.6) is 5.75 Å². The van der Waals surface area contributed by atoms with E-state index in [0.29, 0.717) is 181 Å². The standard InChI is InChI=1S/C33H58N2O13/c1-2-38-10-11-40-14-15-42-18-19-44-22-23-46-26-27-47-25-24-45-21-20-43-17-16-41-13-12-39-9-7-35-33(37)4-3-8-48-31-6-5-30(29-36)32(34)28-31/h5-6,28-29H,2-4,7-27,34H2,1H3,(H,35,37). The van der Waals surface area contributed by atoms with Crippen LogP contribution in [0, 0.1) is 0 Å². The van der Waals surface area contributed by atoms with Gasteiger partial charge in [0.25, 0.3) is 0 Å². The zero-order chi connectivity index (χ0) is 34.6. The van der Waals surface area contributed by atoms with Gasteiger partial charge in [-0.2, -0.15) is 0 Å². The zero-order valence-corrected chi connectivity index (χ0v) is 28.7. The van der Waals surface area contributed by atoms with E-state index < -0.39 is 0 Å². The van der Waals surface area contributed by atoms with Gasteiger partial charge in [0.2, 0.25) is 5.91 Å². The summed E-state index contributed by atoms with van der Waals surface area (Å²) in [7, 11) is 0. The molecule has 15 heteroatoms. The third-order valence-electron chi connectivity index (χ3n) is 6.12. The monoisotopic (exact) mass is 690 g/mol. The second kappa shape index (κ2) is 34.4. The number of amides is 1. The van der Waals surface area contributed by atoms with Crippen LogP contribution in [0.25, 0.3) is 0 Å². The molecule has 0 saturated carbocycles. The second-order valence-electron chi connectivity index (χ2n) is 9.92. The van der Waals surface area contributed by atoms with E-state index >= 15 is 0 Å². The van der Waals surface area contributed by atoms with Crippen LogP contribution in [-0.4, -0.2) is 157 Å². The van der Waals surface area contributed by atoms with Gasteiger partial charge in [0.1, 0.15) is 5.75 Å². The van der Waals surface area contributed by atoms with Gasteiger partial charge >= 0.3 is 0 Å². The minimum atomic E-state index is -0.0732. The van der Waals surface area contributed by atoms with Crippen LogP contribution < -0.4 is 15.8 Å². The van der Waals surface area contributed by atoms with Crippen LogP contribution in [0.1, 0.15) is 30.1 Å². The summed E-state index contributed by atoms with van der Waals surface area (Å²) in [5, 5.41) is 2.80. The molecule has 1 aromatic carbocycles. The predicted octanol–water partition coefficient (Wildman–Crippen LogP) is 1.54. The minimum absolute atomic E-state index is 0.0732. The molecule has 15 nitrogen and oxygen atoms in total. The molecule has 1 amide bonds. The number of nitrogens with two attached hydrogens (primary N) is 1. The van der Waals surface area contributed by atoms with Crippen LogP contribution >= 0.6 is 0 Å². The van der Waals surface area contributed by atoms with Gasteiger partial charge in [0, 0.05) is 36.9 Å². The number of hydrogen-bond donors (Lipinski definition) is 2. The van der Waals surface area contributed by atoms with Crippen molar-refractivity contribution in [3.8, 4) is 5.75 Å². The van der Waals surface area contributed by atoms with Crippen molar-refractivity contribution in [2.45, 2.75) is 19.8 Å². The molecule has 1 aromatic rings. The van der Waals surface area contributed by atoms with Crippen molar-refractivity contribution in [2.75, 3.05) is 151 Å². The Kier molecular flexibility index (Phi) is 31.3. The van der Waals surface area contributed by atoms with Crippen LogP contribution in [0.3, 0.4) is 0 Å². The van der Waals surface area contributed by atoms with Crippen molar-refractivity contribution in [1.82, 2.24) is 5.32 Å². The van der Waals surface area contributed by atoms with Gasteiger partial charge in [-0.15, -0.1) is 0 Å². The summed E-state index contributed by atoms with van der Waals surface area (Å²) in [5.41, 5.74) is 6.53. The van der Waals surface area contributed by atoms with E-state index in [1.807, 2.05) is 6.92 Å². The molecule has 0 spiro atoms. The smallest absolute Gasteiger partial charge is 0.220 e. The molecule has 0 bridgehead atoms. The molecule has 48 heavy (non-hydrogen) atoms. The van der Waals surface area contributed by atoms with E-state index in [1.54, 1.807) is 18.2 Å². The molecule has 0 heterocycles. The number of nitrogen functional groups attached to an aromatic ring is 1. The summed E-state index contributed by atoms with van der Waals surface area (Å²) >= 11 is 0. The van der Waals surface area contributed by atoms with Crippen molar-refractivity contribution in [2.24, 2.45) is 0 Å². The Labute approximate surface area is 285 Å². The maximum atomic E-state index is 11.9. The quantitative estimate of drug-likeness (QED) is 0.0585. The third-order valence-corrected chi connectivity index (χ3v) is 6.12. The summed E-state index contributed by atoms with van der Waals surface area (Å²) in [5.74, 6) is 0.491. The number of rotatable bonds is 37. The Balaban J connectivity index is 1.69. The van der Waals surface area contributed by atoms with Crippen molar-refractivity contribution in [1.29, 1.82) is 0 Å². The van der Waals surface area contributed by atoms with E-state index in [9.17, 15) is 9.59 Å². The van der Waals surface area contributed by atoms with E-state index in [2.05, 4.69) is 5.32 Å². The summed E-state index contributed by atoms with van der Waals surface area (Å²) in [6, 6.07) is 4.87. The highest BCUT2D eigenvalue weighted by Gasteiger charge is 2.04. The number of ether oxygens (including phenoxy) is 11. The van der Waals surface area contributed by atoms with Gasteiger partial charge in [-0.05, 0) is 25.5 Å². The number of nitrogens with one attached hydrogen (secondary N) is 1. The Bertz CT molecular complexity index is 882. The highest BCUT2D eigenvalue weighted by molar-refractivity contribution is 5.83. The van der Waals surface area contributed by atoms with Gasteiger partial charge in [0.15, 0.2) is 6.29 Å². The molecule has 0 fully saturated rings. The molecule has 0 aliphatic heterocycles. The van der Waals surface area contributed by atoms with Crippen molar-refractivity contribution in [3.05, 3.63) is 23.8 Å². The molecule has 3 N–H and O–H groups in total. The SMILES string of the molecule is CCOCCOCCOCCOCCOCCOCCOCCOCCOCCOCCNC(=O)CCCOc1ccc(C=O)c(N)c1. The van der Waals surface area contributed by atoms with E-state index in [0.717, 1.165) is 0 Å². The lowest BCUT2D eigenvalue weighted by atomic mass is 10.2. The molecule has 0 radical (unpaired) electrons. The molecule has 0 saturated heterocycles. The molecule has 1 rings (SSSR count). The lowest BCUT2D eigenvalue weighted by molar-refractivity contribution is -0.121. The first kappa shape index (κ1) is 43.6. The number of benzene rings is 1. The second-order valence-corrected chi connectivity index (χ2v) is 9.92. The Morgan fingerprint density at radius 1 is 0.604 bits per heavy atom. The number of anilines is 1. The fraction of sp³-hybridized carbons (Fsp3) is 0.758. The van der Waals surface area contributed by atoms with E-state index in [-0.39, 0.29) is 5.91 Å². The molecular formula is C33H58N2O13. The van der Waals surface area contributed by atoms with Crippen molar-refractivity contribution in [3.63, 3.8) is 0 Å². The highest BCUT2D eigenvalue weighted by atomic mass is 16.6. The molecule has 0 unspecified atom stereocenters. The maximum absolute atomic E-state index is 11.9. The average molecular weight is 691 g/mol. The largest absolute Gasteiger partial charge is 0.494 e. The van der Waals surface area contributed by atoms with Gasteiger partial charge in [-0.25, -0.2) is 0 Å². The number of hydrogen-bond acceptors (Lipinski definition) is 14. The van der Waals surface area contributed by atoms with Gasteiger partial charge in [-0.1, -0.05) is 0 Å². The Morgan fingerprint density at radius 3 is 1.38 bits per heavy atom. The molecule has 0 aromatic heterocycles. The molecule has 0 atom stereocenters. The first-order valence-electron chi connectivity index (χ1n) is 16.7. The lowest BCUT2D eigenvalue weighted by Crippen LogP contribution is -2.27. The Hall–Kier alpha value is -2.44. The van der Waals surface area contributed by atoms with Gasteiger partial charge in [0.05, 0.1) is 132 Å². The Morgan fingerprint density at radius 2 is 1.00 bits per heavy atom. The van der Waals surface area contributed by atoms with Crippen LogP contribution in [-0.2, 0) is 52.2 Å². The summed E-state index contributed by atoms with van der Waals surface area (Å²) < 4.78 is 59.7. The first-order chi connectivity index (χ1) is 23.7. The minimum Gasteiger partial charge on any atom is -0.494 e. The normalized spacial score (nSPS) is 11.2. The molecule has 0 aliphatic rings. The summed E-state index contributed by atoms with van der Waals surface area (Å²) in [4.78, 5) is 22.7. The predicted molar refractivity (Wildman–Crippen MR) is 178 cm³/mol. The molecular weight excluding hydrogens is 632 g/mol. The maximum Gasteiger partial charge on any atom is 0.220 e. The molecule has 278 valence electrons. The van der Waals surface area contributed by atoms with Crippen molar-refractivity contribution >= 4 is 17.9 Å². The summed E-state index contributed by atoms with van der Waals surface area (Å²) in [6.07, 6.45) is 1.58. The zero-order valence-electron chi connectivity index (χ0n) is 28.7. The third kappa shape index (κ3) is 28.6. The number of carbonyl (C=O) groups is 2. The molecule has 0 aliphatic carbocycles. The number of aldehydes is 1. The van der Waals surface area contributed by atoms with Crippen LogP contribution in [0.2, 0.25) is 0 Å². The topological polar surface area (TPSA) is 174 Å². The van der Waals surface area contributed by atoms with E-state index in [1.165, 1.54) is 0 Å². The number of carbonyl (C=O) groups excluding carboxylic acids is 2. The lowest BCUT2D eigenvalue weighted by Gasteiger charge is -2.09. The average Bonchev–Trinajstić information content (AvgIpc) is 3.09. The van der Waals surface area contributed by atoms with Crippen LogP contribution in [0.4, 0.5) is 5.69 Å². The highest BCUT2D eigenvalue weighted by Crippen LogP contribution is 2.18. The van der Waals surface area contributed by atoms with Crippen LogP contribution in [0.15, 0.2) is 18.2 Å². The van der Waals surface area contributed by atoms with Crippen molar-refractivity contribution < 1.29 is 61.7 Å². The van der Waals surface area contributed by atoms with Gasteiger partial charge in [-0.3, -0.25) is 9.59 Å². The van der Waals surface area contributed by atoms with Gasteiger partial charge < -0.3 is 63.2 Å². The fourth-order valence-electron chi connectivity index (χ4n) is 3.65. The first-order valence-corrected chi connectivity index (χ1v) is 16.7. The summed E-state index contributed by atoms with van der Waals surface area (Å²) in [6.45, 7) is 12.9.